The van der Waals surface area contributed by atoms with Crippen LogP contribution in [0.2, 0.25) is 5.02 Å². The van der Waals surface area contributed by atoms with Crippen molar-refractivity contribution in [3.05, 3.63) is 59.1 Å². The average Bonchev–Trinajstić information content (AvgIpc) is 2.65. The molecule has 0 spiro atoms. The van der Waals surface area contributed by atoms with Gasteiger partial charge in [-0.05, 0) is 50.1 Å². The van der Waals surface area contributed by atoms with E-state index in [1.807, 2.05) is 24.3 Å². The monoisotopic (exact) mass is 375 g/mol. The molecule has 1 heterocycles. The first-order chi connectivity index (χ1) is 12.5. The highest BCUT2D eigenvalue weighted by Gasteiger charge is 2.37. The van der Waals surface area contributed by atoms with E-state index in [1.165, 1.54) is 0 Å². The molecule has 5 nitrogen and oxygen atoms in total. The van der Waals surface area contributed by atoms with Crippen LogP contribution in [0.5, 0.6) is 11.5 Å². The molecule has 0 saturated carbocycles. The van der Waals surface area contributed by atoms with Crippen LogP contribution in [0.15, 0.2) is 48.5 Å². The lowest BCUT2D eigenvalue weighted by Crippen LogP contribution is -2.45. The van der Waals surface area contributed by atoms with E-state index in [2.05, 4.69) is 0 Å². The fourth-order valence-corrected chi connectivity index (χ4v) is 3.24. The van der Waals surface area contributed by atoms with E-state index >= 15 is 0 Å². The number of ether oxygens (including phenoxy) is 2. The minimum Gasteiger partial charge on any atom is -0.457 e. The number of para-hydroxylation sites is 1. The van der Waals surface area contributed by atoms with Crippen molar-refractivity contribution in [2.45, 2.75) is 25.4 Å². The Labute approximate surface area is 158 Å². The Hall–Kier alpha value is -2.24. The molecule has 0 radical (unpaired) electrons. The van der Waals surface area contributed by atoms with E-state index in [1.54, 1.807) is 36.1 Å². The third-order valence-corrected chi connectivity index (χ3v) is 4.80. The van der Waals surface area contributed by atoms with Crippen LogP contribution in [-0.4, -0.2) is 35.8 Å². The molecule has 3 rings (SSSR count). The predicted molar refractivity (Wildman–Crippen MR) is 99.7 cm³/mol. The maximum Gasteiger partial charge on any atom is 0.409 e. The van der Waals surface area contributed by atoms with Gasteiger partial charge in [0.2, 0.25) is 0 Å². The molecule has 1 fully saturated rings. The van der Waals surface area contributed by atoms with Crippen molar-refractivity contribution in [1.29, 1.82) is 0 Å². The van der Waals surface area contributed by atoms with Crippen LogP contribution in [0.4, 0.5) is 4.79 Å². The molecule has 2 aromatic carbocycles. The Balaban J connectivity index is 1.77. The van der Waals surface area contributed by atoms with Crippen molar-refractivity contribution < 1.29 is 19.4 Å². The second-order valence-corrected chi connectivity index (χ2v) is 6.71. The zero-order chi connectivity index (χ0) is 18.6. The highest BCUT2D eigenvalue weighted by atomic mass is 35.5. The second-order valence-electron chi connectivity index (χ2n) is 6.27. The number of rotatable bonds is 4. The predicted octanol–water partition coefficient (Wildman–Crippen LogP) is 4.57. The Kier molecular flexibility index (Phi) is 5.69. The van der Waals surface area contributed by atoms with E-state index in [4.69, 9.17) is 21.1 Å². The number of hydrogen-bond acceptors (Lipinski definition) is 4. The summed E-state index contributed by atoms with van der Waals surface area (Å²) >= 11 is 5.91. The highest BCUT2D eigenvalue weighted by molar-refractivity contribution is 6.30. The summed E-state index contributed by atoms with van der Waals surface area (Å²) in [5.41, 5.74) is -0.329. The van der Waals surface area contributed by atoms with Gasteiger partial charge in [-0.2, -0.15) is 0 Å². The number of aliphatic hydroxyl groups is 1. The van der Waals surface area contributed by atoms with E-state index in [-0.39, 0.29) is 6.09 Å². The number of carbonyl (C=O) groups excluding carboxylic acids is 1. The summed E-state index contributed by atoms with van der Waals surface area (Å²) in [6.45, 7) is 3.00. The van der Waals surface area contributed by atoms with Gasteiger partial charge in [-0.15, -0.1) is 0 Å². The van der Waals surface area contributed by atoms with Crippen LogP contribution in [0, 0.1) is 0 Å². The quantitative estimate of drug-likeness (QED) is 0.850. The maximum absolute atomic E-state index is 11.9. The first-order valence-electron chi connectivity index (χ1n) is 8.69. The van der Waals surface area contributed by atoms with Gasteiger partial charge in [0, 0.05) is 23.7 Å². The number of likely N-dealkylation sites (tertiary alicyclic amines) is 1. The third-order valence-electron chi connectivity index (χ3n) is 4.55. The average molecular weight is 376 g/mol. The Bertz CT molecular complexity index is 755. The number of amides is 1. The van der Waals surface area contributed by atoms with Gasteiger partial charge in [-0.25, -0.2) is 4.79 Å². The lowest BCUT2D eigenvalue weighted by molar-refractivity contribution is -0.0255. The standard InChI is InChI=1S/C20H22ClNO4/c1-2-25-19(23)22-13-11-20(24,12-14-22)17-5-3-4-6-18(17)26-16-9-7-15(21)8-10-16/h3-10,24H,2,11-14H2,1H3. The number of nitrogens with zero attached hydrogens (tertiary/aromatic N) is 1. The van der Waals surface area contributed by atoms with Crippen molar-refractivity contribution in [2.75, 3.05) is 19.7 Å². The highest BCUT2D eigenvalue weighted by Crippen LogP contribution is 2.39. The van der Waals surface area contributed by atoms with Crippen molar-refractivity contribution in [3.63, 3.8) is 0 Å². The molecule has 0 aliphatic carbocycles. The summed E-state index contributed by atoms with van der Waals surface area (Å²) in [5, 5.41) is 11.8. The van der Waals surface area contributed by atoms with Crippen molar-refractivity contribution in [2.24, 2.45) is 0 Å². The molecule has 1 amide bonds. The van der Waals surface area contributed by atoms with Gasteiger partial charge in [0.15, 0.2) is 0 Å². The Morgan fingerprint density at radius 1 is 1.15 bits per heavy atom. The number of benzene rings is 2. The number of halogens is 1. The van der Waals surface area contributed by atoms with Gasteiger partial charge >= 0.3 is 6.09 Å². The topological polar surface area (TPSA) is 59.0 Å². The van der Waals surface area contributed by atoms with Crippen LogP contribution in [-0.2, 0) is 10.3 Å². The minimum atomic E-state index is -1.05. The van der Waals surface area contributed by atoms with Crippen LogP contribution in [0.3, 0.4) is 0 Å². The Morgan fingerprint density at radius 2 is 1.81 bits per heavy atom. The zero-order valence-corrected chi connectivity index (χ0v) is 15.4. The van der Waals surface area contributed by atoms with Gasteiger partial charge in [0.05, 0.1) is 12.2 Å². The molecule has 1 saturated heterocycles. The molecular formula is C20H22ClNO4. The number of carbonyl (C=O) groups is 1. The van der Waals surface area contributed by atoms with Crippen molar-refractivity contribution >= 4 is 17.7 Å². The lowest BCUT2D eigenvalue weighted by atomic mass is 9.84. The van der Waals surface area contributed by atoms with E-state index in [0.717, 1.165) is 5.56 Å². The molecule has 0 bridgehead atoms. The van der Waals surface area contributed by atoms with Crippen LogP contribution >= 0.6 is 11.6 Å². The summed E-state index contributed by atoms with van der Waals surface area (Å²) in [4.78, 5) is 13.5. The van der Waals surface area contributed by atoms with E-state index < -0.39 is 5.60 Å². The molecule has 1 aliphatic rings. The largest absolute Gasteiger partial charge is 0.457 e. The molecular weight excluding hydrogens is 354 g/mol. The fourth-order valence-electron chi connectivity index (χ4n) is 3.11. The maximum atomic E-state index is 11.9. The van der Waals surface area contributed by atoms with Crippen molar-refractivity contribution in [1.82, 2.24) is 4.90 Å². The van der Waals surface area contributed by atoms with Gasteiger partial charge in [-0.1, -0.05) is 29.8 Å². The number of hydrogen-bond donors (Lipinski definition) is 1. The number of piperidine rings is 1. The van der Waals surface area contributed by atoms with Crippen LogP contribution < -0.4 is 4.74 Å². The third kappa shape index (κ3) is 4.11. The molecule has 1 N–H and O–H groups in total. The van der Waals surface area contributed by atoms with Gasteiger partial charge in [0.1, 0.15) is 11.5 Å². The molecule has 2 aromatic rings. The smallest absolute Gasteiger partial charge is 0.409 e. The van der Waals surface area contributed by atoms with Gasteiger partial charge in [0.25, 0.3) is 0 Å². The SMILES string of the molecule is CCOC(=O)N1CCC(O)(c2ccccc2Oc2ccc(Cl)cc2)CC1. The summed E-state index contributed by atoms with van der Waals surface area (Å²) in [6.07, 6.45) is 0.514. The van der Waals surface area contributed by atoms with Crippen LogP contribution in [0.25, 0.3) is 0 Å². The molecule has 0 atom stereocenters. The first-order valence-corrected chi connectivity index (χ1v) is 9.06. The van der Waals surface area contributed by atoms with Gasteiger partial charge in [-0.3, -0.25) is 0 Å². The molecule has 26 heavy (non-hydrogen) atoms. The molecule has 6 heteroatoms. The summed E-state index contributed by atoms with van der Waals surface area (Å²) < 4.78 is 11.0. The molecule has 0 aromatic heterocycles. The van der Waals surface area contributed by atoms with Crippen molar-refractivity contribution in [3.8, 4) is 11.5 Å². The van der Waals surface area contributed by atoms with E-state index in [9.17, 15) is 9.90 Å². The Morgan fingerprint density at radius 3 is 2.46 bits per heavy atom. The summed E-state index contributed by atoms with van der Waals surface area (Å²) in [6, 6.07) is 14.5. The normalized spacial score (nSPS) is 16.2. The molecule has 138 valence electrons. The van der Waals surface area contributed by atoms with Crippen LogP contribution in [0.1, 0.15) is 25.3 Å². The van der Waals surface area contributed by atoms with Gasteiger partial charge < -0.3 is 19.5 Å². The summed E-state index contributed by atoms with van der Waals surface area (Å²) in [7, 11) is 0. The zero-order valence-electron chi connectivity index (χ0n) is 14.7. The molecule has 1 aliphatic heterocycles. The lowest BCUT2D eigenvalue weighted by Gasteiger charge is -2.38. The fraction of sp³-hybridized carbons (Fsp3) is 0.350. The minimum absolute atomic E-state index is 0.333. The van der Waals surface area contributed by atoms with E-state index in [0.29, 0.717) is 49.1 Å². The second kappa shape index (κ2) is 7.98. The summed E-state index contributed by atoms with van der Waals surface area (Å²) in [5.74, 6) is 1.25. The first kappa shape index (κ1) is 18.5. The molecule has 0 unspecified atom stereocenters.